The van der Waals surface area contributed by atoms with Gasteiger partial charge in [0.1, 0.15) is 6.16 Å². The maximum Gasteiger partial charge on any atom is 0.468 e. The molecule has 0 aromatic heterocycles. The third-order valence-electron chi connectivity index (χ3n) is 0.468. The molecule has 5 heteroatoms. The number of carboxylic acid groups (broad SMARTS) is 1. The summed E-state index contributed by atoms with van der Waals surface area (Å²) in [5.41, 5.74) is 0. The van der Waals surface area contributed by atoms with Crippen molar-refractivity contribution in [3.05, 3.63) is 0 Å². The van der Waals surface area contributed by atoms with Crippen molar-refractivity contribution >= 4 is 14.0 Å². The zero-order valence-electron chi connectivity index (χ0n) is 4.37. The van der Waals surface area contributed by atoms with Crippen molar-refractivity contribution in [2.24, 2.45) is 4.74 Å². The van der Waals surface area contributed by atoms with Crippen LogP contribution in [0.5, 0.6) is 0 Å². The fourth-order valence-corrected chi connectivity index (χ4v) is 0.498. The third-order valence-corrected chi connectivity index (χ3v) is 1.40. The van der Waals surface area contributed by atoms with Gasteiger partial charge in [-0.1, -0.05) is 0 Å². The van der Waals surface area contributed by atoms with Crippen LogP contribution < -0.4 is 4.89 Å². The van der Waals surface area contributed by atoms with Crippen LogP contribution in [0.3, 0.4) is 0 Å². The third kappa shape index (κ3) is 3.71. The first-order valence-corrected chi connectivity index (χ1v) is 3.45. The van der Waals surface area contributed by atoms with E-state index in [1.165, 1.54) is 0 Å². The normalized spacial score (nSPS) is 11.5. The van der Waals surface area contributed by atoms with E-state index in [4.69, 9.17) is 5.11 Å². The van der Waals surface area contributed by atoms with Crippen LogP contribution in [0.15, 0.2) is 4.74 Å². The Morgan fingerprint density at radius 3 is 2.62 bits per heavy atom. The Morgan fingerprint density at radius 1 is 2.00 bits per heavy atom. The number of hydrogen-bond donors (Lipinski definition) is 1. The summed E-state index contributed by atoms with van der Waals surface area (Å²) < 4.78 is 2.82. The van der Waals surface area contributed by atoms with E-state index in [-0.39, 0.29) is 0 Å². The first kappa shape index (κ1) is 7.53. The molecule has 1 N–H and O–H groups in total. The Bertz CT molecular complexity index is 122. The van der Waals surface area contributed by atoms with Crippen molar-refractivity contribution in [2.45, 2.75) is 6.92 Å². The highest BCUT2D eigenvalue weighted by atomic mass is 31.1. The van der Waals surface area contributed by atoms with Crippen molar-refractivity contribution in [1.82, 2.24) is 0 Å². The van der Waals surface area contributed by atoms with Gasteiger partial charge in [0.25, 0.3) is 0 Å². The predicted octanol–water partition coefficient (Wildman–Crippen LogP) is 0.625. The zero-order chi connectivity index (χ0) is 6.57. The Kier molecular flexibility index (Phi) is 3.31. The molecule has 0 spiro atoms. The standard InChI is InChI=1S/C3H6NO3P/c1-2-8(7)4-3(5)6/h2H2,1H3,(H,5,6). The van der Waals surface area contributed by atoms with E-state index in [0.717, 1.165) is 0 Å². The molecule has 0 aromatic rings. The lowest BCUT2D eigenvalue weighted by molar-refractivity contribution is -0.155. The summed E-state index contributed by atoms with van der Waals surface area (Å²) in [5.74, 6) is 0. The van der Waals surface area contributed by atoms with Gasteiger partial charge in [0, 0.05) is 4.74 Å². The molecular formula is C3H6NO3P. The minimum atomic E-state index is -1.84. The van der Waals surface area contributed by atoms with Crippen LogP contribution in [0.2, 0.25) is 0 Å². The zero-order valence-corrected chi connectivity index (χ0v) is 5.26. The number of carbonyl (C=O) groups is 1. The lowest BCUT2D eigenvalue weighted by Crippen LogP contribution is -1.91. The molecular weight excluding hydrogens is 129 g/mol. The number of nitrogens with zero attached hydrogens (tertiary/aromatic N) is 1. The van der Waals surface area contributed by atoms with Crippen molar-refractivity contribution in [2.75, 3.05) is 6.16 Å². The van der Waals surface area contributed by atoms with E-state index < -0.39 is 14.0 Å². The van der Waals surface area contributed by atoms with Crippen LogP contribution in [-0.4, -0.2) is 17.4 Å². The quantitative estimate of drug-likeness (QED) is 0.535. The van der Waals surface area contributed by atoms with Crippen LogP contribution in [0, 0.1) is 0 Å². The summed E-state index contributed by atoms with van der Waals surface area (Å²) in [6.45, 7) is 1.62. The Morgan fingerprint density at radius 2 is 2.50 bits per heavy atom. The summed E-state index contributed by atoms with van der Waals surface area (Å²) in [6.07, 6.45) is -1.06. The van der Waals surface area contributed by atoms with Gasteiger partial charge in [0.2, 0.25) is 0 Å². The van der Waals surface area contributed by atoms with Crippen molar-refractivity contribution in [3.8, 4) is 0 Å². The minimum absolute atomic E-state index is 0.293. The average molecular weight is 135 g/mol. The highest BCUT2D eigenvalue weighted by Crippen LogP contribution is 2.11. The Labute approximate surface area is 47.7 Å². The van der Waals surface area contributed by atoms with Gasteiger partial charge in [-0.3, -0.25) is 0 Å². The molecule has 0 bridgehead atoms. The molecule has 0 heterocycles. The second kappa shape index (κ2) is 3.52. The minimum Gasteiger partial charge on any atom is -0.612 e. The van der Waals surface area contributed by atoms with Gasteiger partial charge in [0.15, 0.2) is 7.94 Å². The molecule has 1 atom stereocenters. The maximum absolute atomic E-state index is 10.2. The predicted molar refractivity (Wildman–Crippen MR) is 27.9 cm³/mol. The monoisotopic (exact) mass is 135 g/mol. The SMILES string of the molecule is CC/[P+]([O-])=N/C(=O)O. The van der Waals surface area contributed by atoms with Gasteiger partial charge >= 0.3 is 6.09 Å². The van der Waals surface area contributed by atoms with Gasteiger partial charge in [0.05, 0.1) is 0 Å². The van der Waals surface area contributed by atoms with E-state index in [1.54, 1.807) is 6.92 Å². The smallest absolute Gasteiger partial charge is 0.468 e. The lowest BCUT2D eigenvalue weighted by Gasteiger charge is -1.83. The molecule has 0 radical (unpaired) electrons. The molecule has 0 aliphatic carbocycles. The second-order valence-corrected chi connectivity index (χ2v) is 2.59. The van der Waals surface area contributed by atoms with E-state index in [0.29, 0.717) is 6.16 Å². The van der Waals surface area contributed by atoms with Crippen LogP contribution in [0.25, 0.3) is 0 Å². The summed E-state index contributed by atoms with van der Waals surface area (Å²) >= 11 is 0. The molecule has 0 aliphatic heterocycles. The Hall–Kier alpha value is -0.470. The van der Waals surface area contributed by atoms with E-state index >= 15 is 0 Å². The molecule has 0 saturated carbocycles. The maximum atomic E-state index is 10.2. The Balaban J connectivity index is 3.75. The van der Waals surface area contributed by atoms with Crippen LogP contribution in [0.4, 0.5) is 4.79 Å². The molecule has 46 valence electrons. The van der Waals surface area contributed by atoms with E-state index in [2.05, 4.69) is 4.74 Å². The van der Waals surface area contributed by atoms with Crippen LogP contribution >= 0.6 is 7.94 Å². The largest absolute Gasteiger partial charge is 0.612 e. The van der Waals surface area contributed by atoms with Gasteiger partial charge in [-0.15, -0.1) is 0 Å². The highest BCUT2D eigenvalue weighted by molar-refractivity contribution is 7.39. The fourth-order valence-electron chi connectivity index (χ4n) is 0.166. The number of amides is 1. The molecule has 1 amide bonds. The van der Waals surface area contributed by atoms with Crippen LogP contribution in [0.1, 0.15) is 6.92 Å². The molecule has 0 saturated heterocycles. The molecule has 1 unspecified atom stereocenters. The highest BCUT2D eigenvalue weighted by Gasteiger charge is 1.96. The first-order valence-electron chi connectivity index (χ1n) is 2.06. The summed E-state index contributed by atoms with van der Waals surface area (Å²) in [6, 6.07) is 0. The first-order chi connectivity index (χ1) is 3.66. The number of rotatable bonds is 1. The molecule has 0 aromatic carbocycles. The topological polar surface area (TPSA) is 72.7 Å². The second-order valence-electron chi connectivity index (χ2n) is 1.05. The molecule has 0 rings (SSSR count). The summed E-state index contributed by atoms with van der Waals surface area (Å²) in [7, 11) is -1.84. The average Bonchev–Trinajstić information content (AvgIpc) is 1.65. The van der Waals surface area contributed by atoms with E-state index in [9.17, 15) is 9.69 Å². The van der Waals surface area contributed by atoms with Crippen molar-refractivity contribution < 1.29 is 14.8 Å². The van der Waals surface area contributed by atoms with Gasteiger partial charge in [-0.05, 0) is 6.92 Å². The molecule has 8 heavy (non-hydrogen) atoms. The van der Waals surface area contributed by atoms with Gasteiger partial charge in [-0.2, -0.15) is 0 Å². The summed E-state index contributed by atoms with van der Waals surface area (Å²) in [5, 5.41) is 7.86. The van der Waals surface area contributed by atoms with Gasteiger partial charge < -0.3 is 10.00 Å². The fraction of sp³-hybridized carbons (Fsp3) is 0.667. The summed E-state index contributed by atoms with van der Waals surface area (Å²) in [4.78, 5) is 19.8. The number of hydrogen-bond acceptors (Lipinski definition) is 2. The van der Waals surface area contributed by atoms with E-state index in [1.807, 2.05) is 0 Å². The lowest BCUT2D eigenvalue weighted by atomic mass is 11.0. The van der Waals surface area contributed by atoms with Crippen molar-refractivity contribution in [1.29, 1.82) is 0 Å². The van der Waals surface area contributed by atoms with Gasteiger partial charge in [-0.25, -0.2) is 4.79 Å². The van der Waals surface area contributed by atoms with Crippen LogP contribution in [-0.2, 0) is 0 Å². The van der Waals surface area contributed by atoms with Crippen molar-refractivity contribution in [3.63, 3.8) is 0 Å². The molecule has 4 nitrogen and oxygen atoms in total. The molecule has 0 aliphatic rings. The molecule has 0 fully saturated rings.